The van der Waals surface area contributed by atoms with Crippen LogP contribution in [0.2, 0.25) is 0 Å². The predicted molar refractivity (Wildman–Crippen MR) is 129 cm³/mol. The third kappa shape index (κ3) is 4.73. The van der Waals surface area contributed by atoms with Gasteiger partial charge in [0.15, 0.2) is 11.5 Å². The number of carbonyl (C=O) groups excluding carboxylic acids is 2. The maximum atomic E-state index is 13.4. The lowest BCUT2D eigenvalue weighted by Crippen LogP contribution is -2.35. The topological polar surface area (TPSA) is 80.8 Å². The molecule has 0 spiro atoms. The SMILES string of the molecule is COc1cccc(C2CN(C(=O)c3ccccc3C)CC2C(=O)NCc2ccccn2)c1OC. The molecule has 7 nitrogen and oxygen atoms in total. The number of hydrogen-bond acceptors (Lipinski definition) is 5. The van der Waals surface area contributed by atoms with Crippen LogP contribution < -0.4 is 14.8 Å². The van der Waals surface area contributed by atoms with Crippen molar-refractivity contribution in [2.24, 2.45) is 5.92 Å². The van der Waals surface area contributed by atoms with Gasteiger partial charge < -0.3 is 19.7 Å². The van der Waals surface area contributed by atoms with Gasteiger partial charge in [-0.1, -0.05) is 36.4 Å². The van der Waals surface area contributed by atoms with Crippen LogP contribution in [0.3, 0.4) is 0 Å². The zero-order chi connectivity index (χ0) is 24.1. The van der Waals surface area contributed by atoms with Crippen LogP contribution in [0.15, 0.2) is 66.9 Å². The Morgan fingerprint density at radius 3 is 2.50 bits per heavy atom. The van der Waals surface area contributed by atoms with Crippen molar-refractivity contribution >= 4 is 11.8 Å². The summed E-state index contributed by atoms with van der Waals surface area (Å²) < 4.78 is 11.1. The third-order valence-electron chi connectivity index (χ3n) is 6.32. The maximum Gasteiger partial charge on any atom is 0.254 e. The molecule has 1 aliphatic rings. The lowest BCUT2D eigenvalue weighted by molar-refractivity contribution is -0.125. The first kappa shape index (κ1) is 23.3. The van der Waals surface area contributed by atoms with Crippen molar-refractivity contribution < 1.29 is 19.1 Å². The Balaban J connectivity index is 1.64. The number of aryl methyl sites for hydroxylation is 1. The van der Waals surface area contributed by atoms with E-state index in [4.69, 9.17) is 9.47 Å². The van der Waals surface area contributed by atoms with E-state index in [1.54, 1.807) is 25.3 Å². The molecule has 34 heavy (non-hydrogen) atoms. The molecule has 2 unspecified atom stereocenters. The second-order valence-corrected chi connectivity index (χ2v) is 8.36. The van der Waals surface area contributed by atoms with Crippen LogP contribution in [0.1, 0.15) is 33.1 Å². The van der Waals surface area contributed by atoms with E-state index in [0.717, 1.165) is 16.8 Å². The summed E-state index contributed by atoms with van der Waals surface area (Å²) in [6, 6.07) is 18.7. The normalized spacial score (nSPS) is 17.3. The summed E-state index contributed by atoms with van der Waals surface area (Å²) in [5.41, 5.74) is 3.18. The molecule has 3 aromatic rings. The lowest BCUT2D eigenvalue weighted by atomic mass is 9.87. The molecule has 1 aromatic heterocycles. The molecule has 2 aromatic carbocycles. The van der Waals surface area contributed by atoms with Crippen LogP contribution in [-0.2, 0) is 11.3 Å². The molecule has 0 bridgehead atoms. The van der Waals surface area contributed by atoms with Crippen molar-refractivity contribution in [3.8, 4) is 11.5 Å². The van der Waals surface area contributed by atoms with E-state index < -0.39 is 5.92 Å². The summed E-state index contributed by atoms with van der Waals surface area (Å²) in [7, 11) is 3.17. The molecule has 176 valence electrons. The molecule has 2 atom stereocenters. The molecular weight excluding hydrogens is 430 g/mol. The number of para-hydroxylation sites is 1. The highest BCUT2D eigenvalue weighted by Gasteiger charge is 2.42. The number of nitrogens with one attached hydrogen (secondary N) is 1. The number of likely N-dealkylation sites (tertiary alicyclic amines) is 1. The highest BCUT2D eigenvalue weighted by atomic mass is 16.5. The summed E-state index contributed by atoms with van der Waals surface area (Å²) >= 11 is 0. The van der Waals surface area contributed by atoms with Gasteiger partial charge in [0.2, 0.25) is 5.91 Å². The van der Waals surface area contributed by atoms with Gasteiger partial charge in [0, 0.05) is 36.3 Å². The zero-order valence-electron chi connectivity index (χ0n) is 19.7. The summed E-state index contributed by atoms with van der Waals surface area (Å²) in [5, 5.41) is 3.01. The molecule has 0 aliphatic carbocycles. The van der Waals surface area contributed by atoms with Crippen LogP contribution >= 0.6 is 0 Å². The molecule has 1 aliphatic heterocycles. The average Bonchev–Trinajstić information content (AvgIpc) is 3.32. The number of aromatic nitrogens is 1. The molecule has 1 N–H and O–H groups in total. The predicted octanol–water partition coefficient (Wildman–Crippen LogP) is 3.58. The number of ether oxygens (including phenoxy) is 2. The fourth-order valence-corrected chi connectivity index (χ4v) is 4.55. The van der Waals surface area contributed by atoms with E-state index in [1.165, 1.54) is 0 Å². The van der Waals surface area contributed by atoms with Gasteiger partial charge in [-0.2, -0.15) is 0 Å². The number of hydrogen-bond donors (Lipinski definition) is 1. The maximum absolute atomic E-state index is 13.4. The van der Waals surface area contributed by atoms with Gasteiger partial charge >= 0.3 is 0 Å². The number of nitrogens with zero attached hydrogens (tertiary/aromatic N) is 2. The first-order valence-corrected chi connectivity index (χ1v) is 11.3. The average molecular weight is 460 g/mol. The van der Waals surface area contributed by atoms with Crippen LogP contribution in [0.25, 0.3) is 0 Å². The van der Waals surface area contributed by atoms with Crippen LogP contribution in [0, 0.1) is 12.8 Å². The quantitative estimate of drug-likeness (QED) is 0.584. The first-order chi connectivity index (χ1) is 16.5. The fraction of sp³-hybridized carbons (Fsp3) is 0.296. The van der Waals surface area contributed by atoms with Crippen molar-refractivity contribution in [1.29, 1.82) is 0 Å². The Bertz CT molecular complexity index is 1170. The Morgan fingerprint density at radius 2 is 1.79 bits per heavy atom. The summed E-state index contributed by atoms with van der Waals surface area (Å²) in [6.45, 7) is 2.96. The molecule has 4 rings (SSSR count). The second-order valence-electron chi connectivity index (χ2n) is 8.36. The summed E-state index contributed by atoms with van der Waals surface area (Å²) in [4.78, 5) is 32.8. The Kier molecular flexibility index (Phi) is 7.11. The van der Waals surface area contributed by atoms with Crippen LogP contribution in [-0.4, -0.2) is 49.0 Å². The number of benzene rings is 2. The Morgan fingerprint density at radius 1 is 1.00 bits per heavy atom. The number of pyridine rings is 1. The molecule has 2 amide bonds. The summed E-state index contributed by atoms with van der Waals surface area (Å²) in [6.07, 6.45) is 1.70. The van der Waals surface area contributed by atoms with Gasteiger partial charge in [-0.3, -0.25) is 14.6 Å². The van der Waals surface area contributed by atoms with Crippen molar-refractivity contribution in [3.63, 3.8) is 0 Å². The van der Waals surface area contributed by atoms with Crippen molar-refractivity contribution in [2.75, 3.05) is 27.3 Å². The standard InChI is InChI=1S/C27H29N3O4/c1-18-9-4-5-11-20(18)27(32)30-16-22(21-12-8-13-24(33-2)25(21)34-3)23(17-30)26(31)29-15-19-10-6-7-14-28-19/h4-14,22-23H,15-17H2,1-3H3,(H,29,31). The minimum absolute atomic E-state index is 0.0787. The van der Waals surface area contributed by atoms with E-state index in [2.05, 4.69) is 10.3 Å². The van der Waals surface area contributed by atoms with Gasteiger partial charge in [0.25, 0.3) is 5.91 Å². The number of amides is 2. The highest BCUT2D eigenvalue weighted by molar-refractivity contribution is 5.96. The summed E-state index contributed by atoms with van der Waals surface area (Å²) in [5.74, 6) is 0.282. The monoisotopic (exact) mass is 459 g/mol. The van der Waals surface area contributed by atoms with Gasteiger partial charge in [-0.15, -0.1) is 0 Å². The molecule has 0 radical (unpaired) electrons. The molecule has 7 heteroatoms. The van der Waals surface area contributed by atoms with E-state index in [1.807, 2.05) is 67.6 Å². The minimum atomic E-state index is -0.447. The van der Waals surface area contributed by atoms with Gasteiger partial charge in [-0.05, 0) is 36.8 Å². The van der Waals surface area contributed by atoms with Gasteiger partial charge in [0.1, 0.15) is 0 Å². The molecule has 2 heterocycles. The highest BCUT2D eigenvalue weighted by Crippen LogP contribution is 2.42. The first-order valence-electron chi connectivity index (χ1n) is 11.3. The Labute approximate surface area is 199 Å². The van der Waals surface area contributed by atoms with Crippen molar-refractivity contribution in [2.45, 2.75) is 19.4 Å². The molecule has 1 fully saturated rings. The number of methoxy groups -OCH3 is 2. The van der Waals surface area contributed by atoms with Gasteiger partial charge in [0.05, 0.1) is 32.4 Å². The molecular formula is C27H29N3O4. The van der Waals surface area contributed by atoms with E-state index in [9.17, 15) is 9.59 Å². The second kappa shape index (κ2) is 10.4. The fourth-order valence-electron chi connectivity index (χ4n) is 4.55. The van der Waals surface area contributed by atoms with Crippen molar-refractivity contribution in [3.05, 3.63) is 89.2 Å². The van der Waals surface area contributed by atoms with E-state index >= 15 is 0 Å². The van der Waals surface area contributed by atoms with Crippen LogP contribution in [0.4, 0.5) is 0 Å². The van der Waals surface area contributed by atoms with E-state index in [0.29, 0.717) is 36.7 Å². The number of rotatable bonds is 7. The lowest BCUT2D eigenvalue weighted by Gasteiger charge is -2.21. The van der Waals surface area contributed by atoms with Crippen molar-refractivity contribution in [1.82, 2.24) is 15.2 Å². The Hall–Kier alpha value is -3.87. The smallest absolute Gasteiger partial charge is 0.254 e. The van der Waals surface area contributed by atoms with E-state index in [-0.39, 0.29) is 17.7 Å². The number of carbonyl (C=O) groups is 2. The molecule has 0 saturated carbocycles. The molecule has 1 saturated heterocycles. The minimum Gasteiger partial charge on any atom is -0.493 e. The third-order valence-corrected chi connectivity index (χ3v) is 6.32. The van der Waals surface area contributed by atoms with Gasteiger partial charge in [-0.25, -0.2) is 0 Å². The zero-order valence-corrected chi connectivity index (χ0v) is 19.7. The largest absolute Gasteiger partial charge is 0.493 e. The van der Waals surface area contributed by atoms with Crippen LogP contribution in [0.5, 0.6) is 11.5 Å².